The van der Waals surface area contributed by atoms with Crippen molar-refractivity contribution in [3.63, 3.8) is 0 Å². The maximum atomic E-state index is 12.3. The van der Waals surface area contributed by atoms with Gasteiger partial charge in [-0.25, -0.2) is 0 Å². The van der Waals surface area contributed by atoms with Crippen molar-refractivity contribution in [1.82, 2.24) is 5.32 Å². The number of hydrogen-bond acceptors (Lipinski definition) is 4. The Labute approximate surface area is 122 Å². The summed E-state index contributed by atoms with van der Waals surface area (Å²) < 4.78 is 5.25. The number of nitrogens with one attached hydrogen (secondary N) is 2. The zero-order chi connectivity index (χ0) is 14.8. The van der Waals surface area contributed by atoms with Gasteiger partial charge in [0, 0.05) is 5.56 Å². The van der Waals surface area contributed by atoms with Gasteiger partial charge in [-0.1, -0.05) is 12.8 Å². The smallest absolute Gasteiger partial charge is 0.262 e. The zero-order valence-corrected chi connectivity index (χ0v) is 11.6. The first-order chi connectivity index (χ1) is 10.1. The Bertz CT molecular complexity index is 573. The van der Waals surface area contributed by atoms with Crippen molar-refractivity contribution < 1.29 is 19.4 Å². The molecule has 1 heterocycles. The maximum absolute atomic E-state index is 12.3. The minimum absolute atomic E-state index is 0.00713. The van der Waals surface area contributed by atoms with E-state index in [0.29, 0.717) is 17.0 Å². The highest BCUT2D eigenvalue weighted by atomic mass is 16.5. The van der Waals surface area contributed by atoms with E-state index in [2.05, 4.69) is 10.6 Å². The van der Waals surface area contributed by atoms with E-state index < -0.39 is 6.10 Å². The van der Waals surface area contributed by atoms with E-state index in [9.17, 15) is 14.7 Å². The van der Waals surface area contributed by atoms with Crippen LogP contribution in [0.5, 0.6) is 5.75 Å². The van der Waals surface area contributed by atoms with Crippen molar-refractivity contribution >= 4 is 17.5 Å². The lowest BCUT2D eigenvalue weighted by Crippen LogP contribution is -2.45. The van der Waals surface area contributed by atoms with Crippen LogP contribution in [0.2, 0.25) is 0 Å². The molecular formula is C15H18N2O4. The van der Waals surface area contributed by atoms with Crippen molar-refractivity contribution in [3.8, 4) is 5.75 Å². The summed E-state index contributed by atoms with van der Waals surface area (Å²) in [7, 11) is 0. The topological polar surface area (TPSA) is 87.7 Å². The van der Waals surface area contributed by atoms with E-state index in [1.54, 1.807) is 18.2 Å². The normalized spacial score (nSPS) is 24.5. The van der Waals surface area contributed by atoms with Gasteiger partial charge in [0.15, 0.2) is 6.61 Å². The third-order valence-electron chi connectivity index (χ3n) is 3.92. The fraction of sp³-hybridized carbons (Fsp3) is 0.467. The molecule has 3 rings (SSSR count). The van der Waals surface area contributed by atoms with E-state index in [1.807, 2.05) is 0 Å². The second-order valence-corrected chi connectivity index (χ2v) is 5.48. The third kappa shape index (κ3) is 3.00. The molecule has 0 radical (unpaired) electrons. The number of aliphatic hydroxyl groups is 1. The standard InChI is InChI=1S/C15H18N2O4/c18-12-4-2-1-3-10(12)17-15(20)9-5-6-13-11(7-9)16-14(19)8-21-13/h5-7,10,12,18H,1-4,8H2,(H,16,19)(H,17,20). The van der Waals surface area contributed by atoms with Gasteiger partial charge < -0.3 is 20.5 Å². The van der Waals surface area contributed by atoms with E-state index >= 15 is 0 Å². The zero-order valence-electron chi connectivity index (χ0n) is 11.6. The van der Waals surface area contributed by atoms with Gasteiger partial charge in [0.25, 0.3) is 11.8 Å². The van der Waals surface area contributed by atoms with Crippen LogP contribution >= 0.6 is 0 Å². The second kappa shape index (κ2) is 5.73. The van der Waals surface area contributed by atoms with Gasteiger partial charge in [-0.2, -0.15) is 0 Å². The molecule has 112 valence electrons. The van der Waals surface area contributed by atoms with E-state index in [0.717, 1.165) is 25.7 Å². The first-order valence-corrected chi connectivity index (χ1v) is 7.19. The van der Waals surface area contributed by atoms with E-state index in [-0.39, 0.29) is 24.5 Å². The van der Waals surface area contributed by atoms with Crippen LogP contribution < -0.4 is 15.4 Å². The Balaban J connectivity index is 1.72. The molecule has 0 aromatic heterocycles. The highest BCUT2D eigenvalue weighted by molar-refractivity contribution is 5.99. The number of fused-ring (bicyclic) bond motifs is 1. The van der Waals surface area contributed by atoms with Crippen LogP contribution in [0.15, 0.2) is 18.2 Å². The molecule has 6 nitrogen and oxygen atoms in total. The van der Waals surface area contributed by atoms with Crippen LogP contribution in [0.4, 0.5) is 5.69 Å². The molecular weight excluding hydrogens is 272 g/mol. The first kappa shape index (κ1) is 13.9. The lowest BCUT2D eigenvalue weighted by Gasteiger charge is -2.28. The highest BCUT2D eigenvalue weighted by Crippen LogP contribution is 2.28. The number of carbonyl (C=O) groups excluding carboxylic acids is 2. The summed E-state index contributed by atoms with van der Waals surface area (Å²) in [6.45, 7) is -0.00713. The van der Waals surface area contributed by atoms with Gasteiger partial charge in [-0.05, 0) is 31.0 Å². The number of aliphatic hydroxyl groups excluding tert-OH is 1. The monoisotopic (exact) mass is 290 g/mol. The molecule has 21 heavy (non-hydrogen) atoms. The number of anilines is 1. The molecule has 2 atom stereocenters. The molecule has 3 N–H and O–H groups in total. The molecule has 1 fully saturated rings. The molecule has 1 aliphatic carbocycles. The summed E-state index contributed by atoms with van der Waals surface area (Å²) in [5.74, 6) is 0.0789. The molecule has 1 saturated carbocycles. The number of hydrogen-bond donors (Lipinski definition) is 3. The van der Waals surface area contributed by atoms with Crippen molar-refractivity contribution in [2.24, 2.45) is 0 Å². The summed E-state index contributed by atoms with van der Waals surface area (Å²) in [4.78, 5) is 23.5. The average Bonchev–Trinajstić information content (AvgIpc) is 2.48. The Morgan fingerprint density at radius 1 is 1.33 bits per heavy atom. The lowest BCUT2D eigenvalue weighted by molar-refractivity contribution is -0.118. The third-order valence-corrected chi connectivity index (χ3v) is 3.92. The van der Waals surface area contributed by atoms with Gasteiger partial charge in [-0.3, -0.25) is 9.59 Å². The molecule has 0 spiro atoms. The van der Waals surface area contributed by atoms with Crippen LogP contribution in [0.3, 0.4) is 0 Å². The Morgan fingerprint density at radius 3 is 2.95 bits per heavy atom. The largest absolute Gasteiger partial charge is 0.482 e. The van der Waals surface area contributed by atoms with Crippen LogP contribution in [-0.2, 0) is 4.79 Å². The van der Waals surface area contributed by atoms with Crippen molar-refractivity contribution in [3.05, 3.63) is 23.8 Å². The molecule has 2 amide bonds. The lowest BCUT2D eigenvalue weighted by atomic mass is 9.92. The molecule has 1 aromatic carbocycles. The fourth-order valence-corrected chi connectivity index (χ4v) is 2.76. The van der Waals surface area contributed by atoms with E-state index in [1.165, 1.54) is 0 Å². The molecule has 0 saturated heterocycles. The summed E-state index contributed by atoms with van der Waals surface area (Å²) in [5.41, 5.74) is 0.945. The van der Waals surface area contributed by atoms with Gasteiger partial charge in [0.05, 0.1) is 17.8 Å². The van der Waals surface area contributed by atoms with Crippen LogP contribution in [0.1, 0.15) is 36.0 Å². The SMILES string of the molecule is O=C1COc2ccc(C(=O)NC3CCCCC3O)cc2N1. The molecule has 2 aliphatic rings. The minimum Gasteiger partial charge on any atom is -0.482 e. The average molecular weight is 290 g/mol. The Morgan fingerprint density at radius 2 is 2.14 bits per heavy atom. The van der Waals surface area contributed by atoms with Gasteiger partial charge in [-0.15, -0.1) is 0 Å². The molecule has 2 unspecified atom stereocenters. The second-order valence-electron chi connectivity index (χ2n) is 5.48. The molecule has 0 bridgehead atoms. The predicted octanol–water partition coefficient (Wildman–Crippen LogP) is 1.05. The fourth-order valence-electron chi connectivity index (χ4n) is 2.76. The Kier molecular flexibility index (Phi) is 3.79. The molecule has 1 aliphatic heterocycles. The summed E-state index contributed by atoms with van der Waals surface area (Å²) in [6.07, 6.45) is 3.03. The first-order valence-electron chi connectivity index (χ1n) is 7.19. The summed E-state index contributed by atoms with van der Waals surface area (Å²) in [5, 5.41) is 15.4. The number of amides is 2. The summed E-state index contributed by atoms with van der Waals surface area (Å²) in [6, 6.07) is 4.71. The predicted molar refractivity (Wildman–Crippen MR) is 76.3 cm³/mol. The van der Waals surface area contributed by atoms with Gasteiger partial charge >= 0.3 is 0 Å². The van der Waals surface area contributed by atoms with Crippen LogP contribution in [-0.4, -0.2) is 35.7 Å². The maximum Gasteiger partial charge on any atom is 0.262 e. The number of ether oxygens (including phenoxy) is 1. The quantitative estimate of drug-likeness (QED) is 0.759. The van der Waals surface area contributed by atoms with Gasteiger partial charge in [0.2, 0.25) is 0 Å². The number of carbonyl (C=O) groups is 2. The van der Waals surface area contributed by atoms with E-state index in [4.69, 9.17) is 4.74 Å². The number of benzene rings is 1. The highest BCUT2D eigenvalue weighted by Gasteiger charge is 2.25. The van der Waals surface area contributed by atoms with Crippen LogP contribution in [0.25, 0.3) is 0 Å². The Hall–Kier alpha value is -2.08. The molecule has 1 aromatic rings. The summed E-state index contributed by atoms with van der Waals surface area (Å²) >= 11 is 0. The minimum atomic E-state index is -0.483. The molecule has 6 heteroatoms. The van der Waals surface area contributed by atoms with Gasteiger partial charge in [0.1, 0.15) is 5.75 Å². The van der Waals surface area contributed by atoms with Crippen molar-refractivity contribution in [2.45, 2.75) is 37.8 Å². The van der Waals surface area contributed by atoms with Crippen molar-refractivity contribution in [2.75, 3.05) is 11.9 Å². The van der Waals surface area contributed by atoms with Crippen molar-refractivity contribution in [1.29, 1.82) is 0 Å². The number of rotatable bonds is 2. The van der Waals surface area contributed by atoms with Crippen LogP contribution in [0, 0.1) is 0 Å².